The van der Waals surface area contributed by atoms with Crippen molar-refractivity contribution in [2.45, 2.75) is 226 Å². The first-order chi connectivity index (χ1) is 30.7. The molecule has 3 N–H and O–H groups in total. The number of ether oxygens (including phenoxy) is 4. The van der Waals surface area contributed by atoms with E-state index >= 15 is 0 Å². The monoisotopic (exact) mass is 961 g/mol. The molecule has 2 unspecified atom stereocenters. The number of carbonyl (C=O) groups is 4. The summed E-state index contributed by atoms with van der Waals surface area (Å²) >= 11 is 0. The Kier molecular flexibility index (Phi) is 40.0. The lowest BCUT2D eigenvalue weighted by Gasteiger charge is -2.21. The van der Waals surface area contributed by atoms with Crippen LogP contribution in [0.2, 0.25) is 0 Å². The first-order valence-electron chi connectivity index (χ1n) is 24.3. The largest absolute Gasteiger partial charge is 0.472 e. The lowest BCUT2D eigenvalue weighted by atomic mass is 10.1. The topological polar surface area (TPSA) is 237 Å². The second-order valence-electron chi connectivity index (χ2n) is 16.4. The molecule has 0 spiro atoms. The number of carbonyl (C=O) groups excluding carboxylic acids is 4. The van der Waals surface area contributed by atoms with Gasteiger partial charge in [-0.1, -0.05) is 163 Å². The predicted octanol–water partition coefficient (Wildman–Crippen LogP) is 10.5. The number of phosphoric acid groups is 2. The van der Waals surface area contributed by atoms with E-state index in [0.717, 1.165) is 57.8 Å². The normalized spacial score (nSPS) is 14.8. The van der Waals surface area contributed by atoms with Gasteiger partial charge in [-0.05, 0) is 19.3 Å². The van der Waals surface area contributed by atoms with E-state index in [1.165, 1.54) is 77.0 Å². The van der Waals surface area contributed by atoms with Crippen LogP contribution in [0.4, 0.5) is 0 Å². The number of phosphoric ester groups is 2. The quantitative estimate of drug-likeness (QED) is 0.0222. The van der Waals surface area contributed by atoms with E-state index < -0.39 is 97.5 Å². The van der Waals surface area contributed by atoms with Crippen LogP contribution in [0.3, 0.4) is 0 Å². The van der Waals surface area contributed by atoms with Crippen LogP contribution in [0, 0.1) is 0 Å². The third kappa shape index (κ3) is 40.3. The summed E-state index contributed by atoms with van der Waals surface area (Å²) in [6.45, 7) is 3.92. The van der Waals surface area contributed by atoms with Crippen LogP contribution in [0.1, 0.15) is 207 Å². The molecule has 64 heavy (non-hydrogen) atoms. The minimum Gasteiger partial charge on any atom is -0.462 e. The van der Waals surface area contributed by atoms with Gasteiger partial charge in [0.1, 0.15) is 19.3 Å². The minimum atomic E-state index is -4.90. The highest BCUT2D eigenvalue weighted by Crippen LogP contribution is 2.45. The van der Waals surface area contributed by atoms with Gasteiger partial charge in [0.15, 0.2) is 12.2 Å². The van der Waals surface area contributed by atoms with Crippen LogP contribution in [0.25, 0.3) is 0 Å². The molecule has 0 heterocycles. The van der Waals surface area contributed by atoms with Crippen LogP contribution in [0.15, 0.2) is 0 Å². The molecule has 0 fully saturated rings. The Bertz CT molecular complexity index is 1290. The molecule has 19 heteroatoms. The molecule has 0 aromatic carbocycles. The van der Waals surface area contributed by atoms with Crippen molar-refractivity contribution < 1.29 is 80.2 Å². The first kappa shape index (κ1) is 62.1. The molecular formula is C45H86O17P2. The van der Waals surface area contributed by atoms with E-state index in [2.05, 4.69) is 13.8 Å². The van der Waals surface area contributed by atoms with Crippen molar-refractivity contribution in [2.24, 2.45) is 0 Å². The summed E-state index contributed by atoms with van der Waals surface area (Å²) in [5.74, 6) is -2.28. The Morgan fingerprint density at radius 1 is 0.391 bits per heavy atom. The van der Waals surface area contributed by atoms with Crippen LogP contribution in [-0.2, 0) is 65.4 Å². The van der Waals surface area contributed by atoms with Gasteiger partial charge in [-0.25, -0.2) is 9.13 Å². The van der Waals surface area contributed by atoms with Gasteiger partial charge in [-0.2, -0.15) is 0 Å². The van der Waals surface area contributed by atoms with Gasteiger partial charge >= 0.3 is 39.5 Å². The number of aliphatic hydroxyl groups excluding tert-OH is 1. The lowest BCUT2D eigenvalue weighted by molar-refractivity contribution is -0.161. The van der Waals surface area contributed by atoms with Crippen molar-refractivity contribution in [1.82, 2.24) is 0 Å². The van der Waals surface area contributed by atoms with Crippen LogP contribution < -0.4 is 0 Å². The summed E-state index contributed by atoms with van der Waals surface area (Å²) in [6.07, 6.45) is 21.8. The summed E-state index contributed by atoms with van der Waals surface area (Å²) in [5.41, 5.74) is 0. The number of aliphatic hydroxyl groups is 1. The van der Waals surface area contributed by atoms with Crippen LogP contribution in [0.5, 0.6) is 0 Å². The zero-order valence-electron chi connectivity index (χ0n) is 39.7. The average Bonchev–Trinajstić information content (AvgIpc) is 3.26. The summed E-state index contributed by atoms with van der Waals surface area (Å²) in [7, 11) is -9.79. The molecule has 0 saturated carbocycles. The van der Waals surface area contributed by atoms with E-state index in [0.29, 0.717) is 19.3 Å². The fourth-order valence-corrected chi connectivity index (χ4v) is 7.89. The van der Waals surface area contributed by atoms with E-state index in [-0.39, 0.29) is 25.7 Å². The van der Waals surface area contributed by atoms with Crippen LogP contribution >= 0.6 is 15.6 Å². The number of unbranched alkanes of at least 4 members (excludes halogenated alkanes) is 21. The number of rotatable bonds is 46. The summed E-state index contributed by atoms with van der Waals surface area (Å²) < 4.78 is 65.8. The standard InChI is InChI=1S/C45H86O17P2/c1-5-9-12-14-16-18-20-22-24-26-29-32-45(50)62-41(36-56-43(48)30-27-11-7-3)38-60-64(53,54)58-34-39(46)33-57-63(51,52)59-37-40(61-42(47)8-4)35-55-44(49)31-28-25-23-21-19-17-15-13-10-6-2/h39-41,46H,5-38H2,1-4H3,(H,51,52)(H,53,54)/t39-,40+,41+/m0/s1. The molecule has 0 rings (SSSR count). The minimum absolute atomic E-state index is 0.0151. The van der Waals surface area contributed by atoms with Crippen LogP contribution in [-0.4, -0.2) is 96.7 Å². The molecule has 0 aromatic heterocycles. The summed E-state index contributed by atoms with van der Waals surface area (Å²) in [5, 5.41) is 10.3. The van der Waals surface area contributed by atoms with Gasteiger partial charge in [-0.3, -0.25) is 37.3 Å². The molecule has 0 radical (unpaired) electrons. The van der Waals surface area contributed by atoms with Gasteiger partial charge in [0, 0.05) is 25.7 Å². The second kappa shape index (κ2) is 41.3. The Labute approximate surface area is 384 Å². The number of esters is 4. The van der Waals surface area contributed by atoms with Crippen molar-refractivity contribution in [2.75, 3.05) is 39.6 Å². The third-order valence-corrected chi connectivity index (χ3v) is 12.1. The maximum Gasteiger partial charge on any atom is 0.472 e. The first-order valence-corrected chi connectivity index (χ1v) is 27.3. The molecule has 0 bridgehead atoms. The van der Waals surface area contributed by atoms with E-state index in [1.807, 2.05) is 6.92 Å². The lowest BCUT2D eigenvalue weighted by Crippen LogP contribution is -2.30. The van der Waals surface area contributed by atoms with Crippen molar-refractivity contribution >= 4 is 39.5 Å². The second-order valence-corrected chi connectivity index (χ2v) is 19.3. The van der Waals surface area contributed by atoms with Gasteiger partial charge in [0.2, 0.25) is 0 Å². The molecular weight excluding hydrogens is 874 g/mol. The number of hydrogen-bond acceptors (Lipinski definition) is 15. The third-order valence-electron chi connectivity index (χ3n) is 10.2. The smallest absolute Gasteiger partial charge is 0.462 e. The van der Waals surface area contributed by atoms with E-state index in [4.69, 9.17) is 37.0 Å². The molecule has 0 aliphatic heterocycles. The molecule has 0 saturated heterocycles. The average molecular weight is 961 g/mol. The Hall–Kier alpha value is -1.94. The molecule has 17 nitrogen and oxygen atoms in total. The number of hydrogen-bond donors (Lipinski definition) is 3. The highest BCUT2D eigenvalue weighted by molar-refractivity contribution is 7.47. The SMILES string of the molecule is CCCCCCCCCCCCCC(=O)O[C@H](COC(=O)CCCCC)COP(=O)(O)OC[C@@H](O)COP(=O)(O)OC[C@@H](COC(=O)CCCCCCCCCCCC)OC(=O)CC. The maximum absolute atomic E-state index is 12.7. The molecule has 0 aromatic rings. The van der Waals surface area contributed by atoms with Gasteiger partial charge < -0.3 is 33.8 Å². The van der Waals surface area contributed by atoms with E-state index in [9.17, 15) is 43.2 Å². The van der Waals surface area contributed by atoms with Gasteiger partial charge in [0.25, 0.3) is 0 Å². The predicted molar refractivity (Wildman–Crippen MR) is 243 cm³/mol. The Balaban J connectivity index is 4.82. The van der Waals surface area contributed by atoms with Crippen molar-refractivity contribution in [1.29, 1.82) is 0 Å². The highest BCUT2D eigenvalue weighted by atomic mass is 31.2. The zero-order chi connectivity index (χ0) is 47.7. The maximum atomic E-state index is 12.7. The fourth-order valence-electron chi connectivity index (χ4n) is 6.31. The molecule has 0 amide bonds. The molecule has 5 atom stereocenters. The van der Waals surface area contributed by atoms with Crippen molar-refractivity contribution in [3.8, 4) is 0 Å². The Morgan fingerprint density at radius 3 is 1.03 bits per heavy atom. The fraction of sp³-hybridized carbons (Fsp3) is 0.911. The van der Waals surface area contributed by atoms with Crippen molar-refractivity contribution in [3.05, 3.63) is 0 Å². The van der Waals surface area contributed by atoms with Crippen molar-refractivity contribution in [3.63, 3.8) is 0 Å². The molecule has 0 aliphatic carbocycles. The van der Waals surface area contributed by atoms with Gasteiger partial charge in [-0.15, -0.1) is 0 Å². The molecule has 0 aliphatic rings. The Morgan fingerprint density at radius 2 is 0.672 bits per heavy atom. The zero-order valence-corrected chi connectivity index (χ0v) is 41.5. The van der Waals surface area contributed by atoms with E-state index in [1.54, 1.807) is 6.92 Å². The summed E-state index contributed by atoms with van der Waals surface area (Å²) in [4.78, 5) is 69.6. The highest BCUT2D eigenvalue weighted by Gasteiger charge is 2.30. The van der Waals surface area contributed by atoms with Gasteiger partial charge in [0.05, 0.1) is 26.4 Å². The summed E-state index contributed by atoms with van der Waals surface area (Å²) in [6, 6.07) is 0. The molecule has 378 valence electrons.